The minimum atomic E-state index is -3.55. The molecule has 1 rings (SSSR count). The average molecular weight is 332 g/mol. The number of carbonyl (C=O) groups is 1. The van der Waals surface area contributed by atoms with Crippen LogP contribution >= 0.6 is 11.3 Å². The smallest absolute Gasteiger partial charge is 0.328 e. The molecule has 8 heteroatoms. The molecule has 0 amide bonds. The number of hydrogen-bond donors (Lipinski definition) is 2. The van der Waals surface area contributed by atoms with Crippen molar-refractivity contribution in [3.63, 3.8) is 0 Å². The summed E-state index contributed by atoms with van der Waals surface area (Å²) in [4.78, 5) is 11.3. The predicted octanol–water partition coefficient (Wildman–Crippen LogP) is 1.91. The van der Waals surface area contributed by atoms with Crippen LogP contribution in [-0.2, 0) is 21.5 Å². The largest absolute Gasteiger partial charge is 0.478 e. The summed E-state index contributed by atoms with van der Waals surface area (Å²) in [5, 5.41) is 10.3. The van der Waals surface area contributed by atoms with Crippen molar-refractivity contribution >= 4 is 33.6 Å². The van der Waals surface area contributed by atoms with Gasteiger partial charge in [0.25, 0.3) is 10.2 Å². The first-order valence-corrected chi connectivity index (χ1v) is 8.55. The van der Waals surface area contributed by atoms with Gasteiger partial charge in [0, 0.05) is 30.1 Å². The van der Waals surface area contributed by atoms with Crippen molar-refractivity contribution in [2.24, 2.45) is 0 Å². The fourth-order valence-electron chi connectivity index (χ4n) is 1.50. The van der Waals surface area contributed by atoms with E-state index in [1.165, 1.54) is 28.8 Å². The molecule has 0 aliphatic rings. The Bertz CT molecular complexity index is 627. The molecule has 0 radical (unpaired) electrons. The SMILES string of the molecule is CN(Cc1cc(/C=C/C(=O)O)cs1)S(=O)(=O)NC(C)(C)C. The van der Waals surface area contributed by atoms with E-state index in [0.717, 1.165) is 16.5 Å². The zero-order chi connectivity index (χ0) is 16.3. The summed E-state index contributed by atoms with van der Waals surface area (Å²) in [6.07, 6.45) is 2.53. The second kappa shape index (κ2) is 6.69. The van der Waals surface area contributed by atoms with E-state index in [-0.39, 0.29) is 6.54 Å². The lowest BCUT2D eigenvalue weighted by atomic mass is 10.1. The Balaban J connectivity index is 2.75. The van der Waals surface area contributed by atoms with Gasteiger partial charge in [0.2, 0.25) is 0 Å². The van der Waals surface area contributed by atoms with Crippen LogP contribution in [0.15, 0.2) is 17.5 Å². The van der Waals surface area contributed by atoms with Gasteiger partial charge in [-0.3, -0.25) is 0 Å². The van der Waals surface area contributed by atoms with Gasteiger partial charge in [-0.05, 0) is 43.9 Å². The second-order valence-corrected chi connectivity index (χ2v) is 8.40. The zero-order valence-electron chi connectivity index (χ0n) is 12.5. The molecule has 21 heavy (non-hydrogen) atoms. The fraction of sp³-hybridized carbons (Fsp3) is 0.462. The maximum atomic E-state index is 12.1. The standard InChI is InChI=1S/C13H20N2O4S2/c1-13(2,3)14-21(18,19)15(4)8-11-7-10(9-20-11)5-6-12(16)17/h5-7,9,14H,8H2,1-4H3,(H,16,17)/b6-5+. The third-order valence-electron chi connectivity index (χ3n) is 2.32. The molecule has 0 fully saturated rings. The molecule has 0 aliphatic heterocycles. The first kappa shape index (κ1) is 17.8. The summed E-state index contributed by atoms with van der Waals surface area (Å²) >= 11 is 1.39. The summed E-state index contributed by atoms with van der Waals surface area (Å²) in [6.45, 7) is 5.56. The van der Waals surface area contributed by atoms with Crippen molar-refractivity contribution in [2.75, 3.05) is 7.05 Å². The van der Waals surface area contributed by atoms with Crippen LogP contribution in [0.25, 0.3) is 6.08 Å². The molecule has 0 saturated carbocycles. The molecule has 1 heterocycles. The topological polar surface area (TPSA) is 86.7 Å². The number of aliphatic carboxylic acids is 1. The number of carboxylic acid groups (broad SMARTS) is 1. The first-order valence-electron chi connectivity index (χ1n) is 6.23. The highest BCUT2D eigenvalue weighted by Gasteiger charge is 2.24. The lowest BCUT2D eigenvalue weighted by Gasteiger charge is -2.25. The van der Waals surface area contributed by atoms with Crippen molar-refractivity contribution in [1.29, 1.82) is 0 Å². The minimum absolute atomic E-state index is 0.233. The summed E-state index contributed by atoms with van der Waals surface area (Å²) in [5.41, 5.74) is 0.199. The van der Waals surface area contributed by atoms with Gasteiger partial charge in [0.05, 0.1) is 0 Å². The zero-order valence-corrected chi connectivity index (χ0v) is 14.1. The quantitative estimate of drug-likeness (QED) is 0.779. The van der Waals surface area contributed by atoms with E-state index in [2.05, 4.69) is 4.72 Å². The second-order valence-electron chi connectivity index (χ2n) is 5.63. The Kier molecular flexibility index (Phi) is 5.68. The van der Waals surface area contributed by atoms with E-state index in [1.807, 2.05) is 0 Å². The van der Waals surface area contributed by atoms with E-state index >= 15 is 0 Å². The Morgan fingerprint density at radius 1 is 1.48 bits per heavy atom. The molecular formula is C13H20N2O4S2. The number of nitrogens with one attached hydrogen (secondary N) is 1. The molecular weight excluding hydrogens is 312 g/mol. The number of rotatable bonds is 6. The van der Waals surface area contributed by atoms with Crippen molar-refractivity contribution < 1.29 is 18.3 Å². The molecule has 0 atom stereocenters. The Hall–Kier alpha value is -1.22. The van der Waals surface area contributed by atoms with Gasteiger partial charge < -0.3 is 5.11 Å². The lowest BCUT2D eigenvalue weighted by Crippen LogP contribution is -2.47. The first-order chi connectivity index (χ1) is 9.49. The van der Waals surface area contributed by atoms with Crippen LogP contribution < -0.4 is 4.72 Å². The Morgan fingerprint density at radius 3 is 2.62 bits per heavy atom. The Morgan fingerprint density at radius 2 is 2.10 bits per heavy atom. The Labute approximate surface area is 129 Å². The number of thiophene rings is 1. The predicted molar refractivity (Wildman–Crippen MR) is 84.3 cm³/mol. The number of carboxylic acids is 1. The van der Waals surface area contributed by atoms with Crippen molar-refractivity contribution in [2.45, 2.75) is 32.9 Å². The molecule has 0 aliphatic carbocycles. The van der Waals surface area contributed by atoms with Gasteiger partial charge in [-0.25, -0.2) is 4.79 Å². The molecule has 1 aromatic rings. The van der Waals surface area contributed by atoms with Gasteiger partial charge in [-0.1, -0.05) is 0 Å². The highest BCUT2D eigenvalue weighted by Crippen LogP contribution is 2.19. The van der Waals surface area contributed by atoms with Crippen LogP contribution in [0.2, 0.25) is 0 Å². The average Bonchev–Trinajstić information content (AvgIpc) is 2.70. The minimum Gasteiger partial charge on any atom is -0.478 e. The van der Waals surface area contributed by atoms with Crippen LogP contribution in [-0.4, -0.2) is 36.4 Å². The third-order valence-corrected chi connectivity index (χ3v) is 5.08. The highest BCUT2D eigenvalue weighted by molar-refractivity contribution is 7.87. The van der Waals surface area contributed by atoms with Gasteiger partial charge in [-0.2, -0.15) is 17.4 Å². The van der Waals surface area contributed by atoms with Crippen LogP contribution in [0, 0.1) is 0 Å². The van der Waals surface area contributed by atoms with Gasteiger partial charge in [-0.15, -0.1) is 11.3 Å². The van der Waals surface area contributed by atoms with Crippen molar-refractivity contribution in [3.8, 4) is 0 Å². The maximum Gasteiger partial charge on any atom is 0.328 e. The molecule has 1 aromatic heterocycles. The van der Waals surface area contributed by atoms with E-state index in [9.17, 15) is 13.2 Å². The molecule has 2 N–H and O–H groups in total. The maximum absolute atomic E-state index is 12.1. The highest BCUT2D eigenvalue weighted by atomic mass is 32.2. The van der Waals surface area contributed by atoms with E-state index in [0.29, 0.717) is 0 Å². The van der Waals surface area contributed by atoms with Crippen molar-refractivity contribution in [3.05, 3.63) is 28.0 Å². The van der Waals surface area contributed by atoms with E-state index < -0.39 is 21.7 Å². The fourth-order valence-corrected chi connectivity index (χ4v) is 3.73. The molecule has 0 aromatic carbocycles. The summed E-state index contributed by atoms with van der Waals surface area (Å²) < 4.78 is 28.0. The molecule has 118 valence electrons. The monoisotopic (exact) mass is 332 g/mol. The molecule has 0 saturated heterocycles. The summed E-state index contributed by atoms with van der Waals surface area (Å²) in [7, 11) is -2.05. The van der Waals surface area contributed by atoms with Gasteiger partial charge >= 0.3 is 5.97 Å². The van der Waals surface area contributed by atoms with Crippen LogP contribution in [0.3, 0.4) is 0 Å². The van der Waals surface area contributed by atoms with E-state index in [1.54, 1.807) is 32.2 Å². The van der Waals surface area contributed by atoms with Gasteiger partial charge in [0.15, 0.2) is 0 Å². The molecule has 0 bridgehead atoms. The van der Waals surface area contributed by atoms with Crippen LogP contribution in [0.1, 0.15) is 31.2 Å². The molecule has 0 unspecified atom stereocenters. The van der Waals surface area contributed by atoms with Gasteiger partial charge in [0.1, 0.15) is 0 Å². The molecule has 6 nitrogen and oxygen atoms in total. The summed E-state index contributed by atoms with van der Waals surface area (Å²) in [6, 6.07) is 1.77. The van der Waals surface area contributed by atoms with Crippen LogP contribution in [0.4, 0.5) is 0 Å². The number of nitrogens with zero attached hydrogens (tertiary/aromatic N) is 1. The third kappa shape index (κ3) is 6.38. The van der Waals surface area contributed by atoms with Crippen molar-refractivity contribution in [1.82, 2.24) is 9.03 Å². The normalized spacial score (nSPS) is 13.2. The lowest BCUT2D eigenvalue weighted by molar-refractivity contribution is -0.131. The summed E-state index contributed by atoms with van der Waals surface area (Å²) in [5.74, 6) is -1.02. The number of hydrogen-bond acceptors (Lipinski definition) is 4. The van der Waals surface area contributed by atoms with E-state index in [4.69, 9.17) is 5.11 Å². The molecule has 0 spiro atoms. The van der Waals surface area contributed by atoms with Crippen LogP contribution in [0.5, 0.6) is 0 Å².